The van der Waals surface area contributed by atoms with Crippen LogP contribution < -0.4 is 11.1 Å². The third kappa shape index (κ3) is 3.64. The van der Waals surface area contributed by atoms with Gasteiger partial charge in [0.1, 0.15) is 10.6 Å². The molecule has 1 aliphatic rings. The van der Waals surface area contributed by atoms with E-state index in [1.54, 1.807) is 18.6 Å². The first-order valence-corrected chi connectivity index (χ1v) is 10.3. The van der Waals surface area contributed by atoms with Crippen LogP contribution >= 0.6 is 11.3 Å². The number of thiazole rings is 1. The van der Waals surface area contributed by atoms with Gasteiger partial charge in [-0.25, -0.2) is 13.4 Å². The molecule has 140 valence electrons. The van der Waals surface area contributed by atoms with Crippen molar-refractivity contribution in [3.63, 3.8) is 0 Å². The van der Waals surface area contributed by atoms with Gasteiger partial charge in [0.05, 0.1) is 0 Å². The highest BCUT2D eigenvalue weighted by atomic mass is 32.2. The van der Waals surface area contributed by atoms with Crippen LogP contribution in [0.5, 0.6) is 0 Å². The summed E-state index contributed by atoms with van der Waals surface area (Å²) in [5.41, 5.74) is 5.37. The second-order valence-corrected chi connectivity index (χ2v) is 8.87. The van der Waals surface area contributed by atoms with Gasteiger partial charge in [-0.3, -0.25) is 9.59 Å². The van der Waals surface area contributed by atoms with Crippen LogP contribution in [0.2, 0.25) is 0 Å². The molecule has 0 aliphatic carbocycles. The van der Waals surface area contributed by atoms with E-state index < -0.39 is 15.9 Å². The van der Waals surface area contributed by atoms with Gasteiger partial charge in [-0.2, -0.15) is 4.31 Å². The Morgan fingerprint density at radius 1 is 1.35 bits per heavy atom. The summed E-state index contributed by atoms with van der Waals surface area (Å²) in [6.45, 7) is 0.470. The Hall–Kier alpha value is -2.24. The molecule has 9 nitrogen and oxygen atoms in total. The van der Waals surface area contributed by atoms with Crippen LogP contribution in [-0.2, 0) is 21.9 Å². The number of carbonyl (C=O) groups excluding carboxylic acids is 2. The fraction of sp³-hybridized carbons (Fsp3) is 0.400. The normalized spacial score (nSPS) is 16.5. The topological polar surface area (TPSA) is 127 Å². The van der Waals surface area contributed by atoms with Crippen LogP contribution in [0.4, 0.5) is 5.13 Å². The van der Waals surface area contributed by atoms with Crippen molar-refractivity contribution in [3.05, 3.63) is 29.5 Å². The zero-order chi connectivity index (χ0) is 18.9. The van der Waals surface area contributed by atoms with Gasteiger partial charge in [0.25, 0.3) is 5.91 Å². The van der Waals surface area contributed by atoms with Gasteiger partial charge in [0.15, 0.2) is 5.13 Å². The van der Waals surface area contributed by atoms with Crippen LogP contribution in [0.1, 0.15) is 23.3 Å². The van der Waals surface area contributed by atoms with Gasteiger partial charge >= 0.3 is 0 Å². The standard InChI is InChI=1S/C15H19N5O4S2/c1-19-9-11(8-12(19)13(16)21)26(23,24)20-5-2-10(3-6-20)14(22)18-15-17-4-7-25-15/h4,7-10H,2-3,5-6H2,1H3,(H2,16,21)(H,17,18,22). The largest absolute Gasteiger partial charge is 0.364 e. The zero-order valence-corrected chi connectivity index (χ0v) is 15.7. The van der Waals surface area contributed by atoms with Crippen LogP contribution in [0.25, 0.3) is 0 Å². The average Bonchev–Trinajstić information content (AvgIpc) is 3.24. The smallest absolute Gasteiger partial charge is 0.265 e. The Labute approximate surface area is 154 Å². The molecule has 3 heterocycles. The SMILES string of the molecule is Cn1cc(S(=O)(=O)N2CCC(C(=O)Nc3nccs3)CC2)cc1C(N)=O. The zero-order valence-electron chi connectivity index (χ0n) is 14.1. The third-order valence-electron chi connectivity index (χ3n) is 4.36. The van der Waals surface area contributed by atoms with Crippen molar-refractivity contribution in [1.82, 2.24) is 13.9 Å². The lowest BCUT2D eigenvalue weighted by molar-refractivity contribution is -0.120. The fourth-order valence-corrected chi connectivity index (χ4v) is 4.99. The van der Waals surface area contributed by atoms with Crippen molar-refractivity contribution >= 4 is 38.3 Å². The summed E-state index contributed by atoms with van der Waals surface area (Å²) in [4.78, 5) is 27.6. The molecule has 0 aromatic carbocycles. The predicted molar refractivity (Wildman–Crippen MR) is 96.2 cm³/mol. The molecule has 3 N–H and O–H groups in total. The number of carbonyl (C=O) groups is 2. The predicted octanol–water partition coefficient (Wildman–Crippen LogP) is 0.620. The second-order valence-electron chi connectivity index (χ2n) is 6.04. The molecule has 3 rings (SSSR count). The van der Waals surface area contributed by atoms with Gasteiger partial charge in [-0.05, 0) is 18.9 Å². The molecule has 0 radical (unpaired) electrons. The molecule has 2 aromatic rings. The monoisotopic (exact) mass is 397 g/mol. The van der Waals surface area contributed by atoms with E-state index in [1.807, 2.05) is 0 Å². The average molecular weight is 397 g/mol. The summed E-state index contributed by atoms with van der Waals surface area (Å²) in [5, 5.41) is 5.05. The number of aromatic nitrogens is 2. The summed E-state index contributed by atoms with van der Waals surface area (Å²) in [6.07, 6.45) is 3.82. The lowest BCUT2D eigenvalue weighted by atomic mass is 9.97. The first-order valence-electron chi connectivity index (χ1n) is 7.95. The molecular formula is C15H19N5O4S2. The van der Waals surface area contributed by atoms with E-state index in [0.29, 0.717) is 18.0 Å². The van der Waals surface area contributed by atoms with E-state index in [9.17, 15) is 18.0 Å². The molecule has 11 heteroatoms. The number of aryl methyl sites for hydroxylation is 1. The van der Waals surface area contributed by atoms with E-state index in [-0.39, 0.29) is 35.5 Å². The van der Waals surface area contributed by atoms with E-state index in [0.717, 1.165) is 0 Å². The summed E-state index contributed by atoms with van der Waals surface area (Å²) < 4.78 is 28.2. The van der Waals surface area contributed by atoms with Crippen LogP contribution in [-0.4, -0.2) is 47.2 Å². The van der Waals surface area contributed by atoms with Crippen molar-refractivity contribution in [2.45, 2.75) is 17.7 Å². The Bertz CT molecular complexity index is 912. The highest BCUT2D eigenvalue weighted by Crippen LogP contribution is 2.26. The van der Waals surface area contributed by atoms with Gasteiger partial charge < -0.3 is 15.6 Å². The molecule has 0 atom stereocenters. The molecule has 1 fully saturated rings. The lowest BCUT2D eigenvalue weighted by Gasteiger charge is -2.30. The molecule has 0 saturated carbocycles. The van der Waals surface area contributed by atoms with Gasteiger partial charge in [0, 0.05) is 43.8 Å². The van der Waals surface area contributed by atoms with Crippen LogP contribution in [0.3, 0.4) is 0 Å². The molecule has 1 aliphatic heterocycles. The number of amides is 2. The summed E-state index contributed by atoms with van der Waals surface area (Å²) in [5.74, 6) is -1.10. The number of hydrogen-bond donors (Lipinski definition) is 2. The summed E-state index contributed by atoms with van der Waals surface area (Å²) >= 11 is 1.33. The highest BCUT2D eigenvalue weighted by molar-refractivity contribution is 7.89. The maximum atomic E-state index is 12.8. The lowest BCUT2D eigenvalue weighted by Crippen LogP contribution is -2.41. The van der Waals surface area contributed by atoms with E-state index >= 15 is 0 Å². The molecule has 0 bridgehead atoms. The van der Waals surface area contributed by atoms with E-state index in [1.165, 1.54) is 32.5 Å². The Balaban J connectivity index is 1.66. The summed E-state index contributed by atoms with van der Waals surface area (Å²) in [6, 6.07) is 1.28. The van der Waals surface area contributed by atoms with Crippen LogP contribution in [0.15, 0.2) is 28.7 Å². The maximum absolute atomic E-state index is 12.8. The molecule has 2 amide bonds. The summed E-state index contributed by atoms with van der Waals surface area (Å²) in [7, 11) is -2.17. The van der Waals surface area contributed by atoms with Gasteiger partial charge in [-0.15, -0.1) is 11.3 Å². The number of primary amides is 1. The minimum Gasteiger partial charge on any atom is -0.364 e. The van der Waals surface area contributed by atoms with Crippen molar-refractivity contribution < 1.29 is 18.0 Å². The Morgan fingerprint density at radius 2 is 2.04 bits per heavy atom. The minimum absolute atomic E-state index is 0.0273. The fourth-order valence-electron chi connectivity index (χ4n) is 2.92. The molecular weight excluding hydrogens is 378 g/mol. The number of piperidine rings is 1. The second kappa shape index (κ2) is 7.17. The molecule has 1 saturated heterocycles. The number of anilines is 1. The number of sulfonamides is 1. The van der Waals surface area contributed by atoms with Crippen molar-refractivity contribution in [3.8, 4) is 0 Å². The molecule has 26 heavy (non-hydrogen) atoms. The highest BCUT2D eigenvalue weighted by Gasteiger charge is 2.33. The Kier molecular flexibility index (Phi) is 5.12. The Morgan fingerprint density at radius 3 is 2.58 bits per heavy atom. The van der Waals surface area contributed by atoms with Crippen molar-refractivity contribution in [2.24, 2.45) is 18.7 Å². The van der Waals surface area contributed by atoms with E-state index in [2.05, 4.69) is 10.3 Å². The number of nitrogens with zero attached hydrogens (tertiary/aromatic N) is 3. The third-order valence-corrected chi connectivity index (χ3v) is 6.91. The van der Waals surface area contributed by atoms with Gasteiger partial charge in [0.2, 0.25) is 15.9 Å². The van der Waals surface area contributed by atoms with Crippen LogP contribution in [0, 0.1) is 5.92 Å². The molecule has 2 aromatic heterocycles. The molecule has 0 unspecified atom stereocenters. The van der Waals surface area contributed by atoms with Crippen molar-refractivity contribution in [2.75, 3.05) is 18.4 Å². The number of nitrogens with one attached hydrogen (secondary N) is 1. The number of rotatable bonds is 5. The van der Waals surface area contributed by atoms with Crippen molar-refractivity contribution in [1.29, 1.82) is 0 Å². The first kappa shape index (κ1) is 18.5. The maximum Gasteiger partial charge on any atom is 0.265 e. The minimum atomic E-state index is -3.73. The van der Waals surface area contributed by atoms with E-state index in [4.69, 9.17) is 5.73 Å². The molecule has 0 spiro atoms. The number of hydrogen-bond acceptors (Lipinski definition) is 6. The first-order chi connectivity index (χ1) is 12.3. The van der Waals surface area contributed by atoms with Gasteiger partial charge in [-0.1, -0.05) is 0 Å². The quantitative estimate of drug-likeness (QED) is 0.764. The number of nitrogens with two attached hydrogens (primary N) is 1.